The molecule has 1 aromatic heterocycles. The lowest BCUT2D eigenvalue weighted by molar-refractivity contribution is 0.259. The number of carbonyl (C=O) groups excluding carboxylic acids is 1. The van der Waals surface area contributed by atoms with Gasteiger partial charge in [0.25, 0.3) is 0 Å². The maximum absolute atomic E-state index is 10.4. The highest BCUT2D eigenvalue weighted by molar-refractivity contribution is 7.13. The van der Waals surface area contributed by atoms with Crippen molar-refractivity contribution in [1.82, 2.24) is 4.98 Å². The van der Waals surface area contributed by atoms with Crippen molar-refractivity contribution in [2.24, 2.45) is 11.5 Å². The molecule has 0 spiro atoms. The number of aromatic nitrogens is 1. The first-order valence-corrected chi connectivity index (χ1v) is 4.31. The van der Waals surface area contributed by atoms with Crippen LogP contribution in [0.2, 0.25) is 0 Å². The third-order valence-electron chi connectivity index (χ3n) is 1.18. The minimum Gasteiger partial charge on any atom is -0.351 e. The van der Waals surface area contributed by atoms with Gasteiger partial charge in [-0.3, -0.25) is 5.32 Å². The maximum Gasteiger partial charge on any atom is 0.318 e. The molecule has 0 aliphatic rings. The Labute approximate surface area is 73.8 Å². The van der Waals surface area contributed by atoms with Crippen LogP contribution in [0.25, 0.3) is 0 Å². The smallest absolute Gasteiger partial charge is 0.318 e. The number of primary amides is 1. The zero-order valence-corrected chi connectivity index (χ0v) is 7.23. The highest BCUT2D eigenvalue weighted by atomic mass is 32.1. The van der Waals surface area contributed by atoms with Gasteiger partial charge in [-0.2, -0.15) is 0 Å². The number of anilines is 1. The van der Waals surface area contributed by atoms with E-state index in [9.17, 15) is 4.79 Å². The highest BCUT2D eigenvalue weighted by Gasteiger charge is 2.01. The van der Waals surface area contributed by atoms with Crippen LogP contribution < -0.4 is 16.8 Å². The summed E-state index contributed by atoms with van der Waals surface area (Å²) in [5.41, 5.74) is 11.1. The Morgan fingerprint density at radius 2 is 2.50 bits per heavy atom. The molecule has 5 N–H and O–H groups in total. The van der Waals surface area contributed by atoms with Crippen LogP contribution in [0, 0.1) is 0 Å². The summed E-state index contributed by atoms with van der Waals surface area (Å²) in [4.78, 5) is 14.5. The molecule has 0 saturated carbocycles. The van der Waals surface area contributed by atoms with Gasteiger partial charge in [0.1, 0.15) is 0 Å². The van der Waals surface area contributed by atoms with Crippen LogP contribution in [0.3, 0.4) is 0 Å². The fourth-order valence-corrected chi connectivity index (χ4v) is 1.48. The van der Waals surface area contributed by atoms with Gasteiger partial charge in [-0.1, -0.05) is 0 Å². The van der Waals surface area contributed by atoms with E-state index in [2.05, 4.69) is 10.3 Å². The number of nitrogens with two attached hydrogens (primary N) is 2. The first-order chi connectivity index (χ1) is 5.72. The van der Waals surface area contributed by atoms with Crippen LogP contribution in [0.1, 0.15) is 5.69 Å². The number of nitrogens with zero attached hydrogens (tertiary/aromatic N) is 1. The maximum atomic E-state index is 10.4. The average molecular weight is 186 g/mol. The van der Waals surface area contributed by atoms with Crippen molar-refractivity contribution < 1.29 is 4.79 Å². The Hall–Kier alpha value is -1.14. The molecule has 1 rings (SSSR count). The zero-order chi connectivity index (χ0) is 8.97. The van der Waals surface area contributed by atoms with E-state index in [0.717, 1.165) is 12.1 Å². The number of carbonyl (C=O) groups is 1. The van der Waals surface area contributed by atoms with Gasteiger partial charge in [-0.05, 0) is 6.54 Å². The topological polar surface area (TPSA) is 94.0 Å². The molecule has 0 atom stereocenters. The molecule has 5 nitrogen and oxygen atoms in total. The van der Waals surface area contributed by atoms with Gasteiger partial charge in [0.15, 0.2) is 5.13 Å². The summed E-state index contributed by atoms with van der Waals surface area (Å²) >= 11 is 1.34. The largest absolute Gasteiger partial charge is 0.351 e. The van der Waals surface area contributed by atoms with Crippen molar-refractivity contribution in [2.45, 2.75) is 6.42 Å². The van der Waals surface area contributed by atoms with E-state index in [0.29, 0.717) is 11.7 Å². The lowest BCUT2D eigenvalue weighted by Crippen LogP contribution is -2.19. The van der Waals surface area contributed by atoms with Crippen molar-refractivity contribution in [3.8, 4) is 0 Å². The molecule has 0 aliphatic heterocycles. The first kappa shape index (κ1) is 8.95. The fraction of sp³-hybridized carbons (Fsp3) is 0.333. The van der Waals surface area contributed by atoms with Gasteiger partial charge in [0, 0.05) is 11.8 Å². The normalized spacial score (nSPS) is 9.75. The van der Waals surface area contributed by atoms with Gasteiger partial charge in [-0.25, -0.2) is 9.78 Å². The third-order valence-corrected chi connectivity index (χ3v) is 1.99. The van der Waals surface area contributed by atoms with Crippen LogP contribution in [0.4, 0.5) is 9.93 Å². The Balaban J connectivity index is 2.58. The standard InChI is InChI=1S/C6H10N4OS/c7-2-1-4-3-12-6(9-4)10-5(8)11/h3H,1-2,7H2,(H3,8,9,10,11). The Morgan fingerprint density at radius 1 is 1.75 bits per heavy atom. The quantitative estimate of drug-likeness (QED) is 0.626. The van der Waals surface area contributed by atoms with E-state index in [1.54, 1.807) is 0 Å². The van der Waals surface area contributed by atoms with Gasteiger partial charge in [0.2, 0.25) is 0 Å². The highest BCUT2D eigenvalue weighted by Crippen LogP contribution is 2.14. The minimum atomic E-state index is -0.594. The second-order valence-corrected chi connectivity index (χ2v) is 3.03. The number of hydrogen-bond donors (Lipinski definition) is 3. The van der Waals surface area contributed by atoms with Gasteiger partial charge in [-0.15, -0.1) is 11.3 Å². The molecule has 2 amide bonds. The van der Waals surface area contributed by atoms with E-state index < -0.39 is 6.03 Å². The summed E-state index contributed by atoms with van der Waals surface area (Å²) in [7, 11) is 0. The number of hydrogen-bond acceptors (Lipinski definition) is 4. The van der Waals surface area contributed by atoms with E-state index in [-0.39, 0.29) is 0 Å². The number of thiazole rings is 1. The zero-order valence-electron chi connectivity index (χ0n) is 6.41. The predicted octanol–water partition coefficient (Wildman–Crippen LogP) is 0.135. The first-order valence-electron chi connectivity index (χ1n) is 3.43. The van der Waals surface area contributed by atoms with Gasteiger partial charge >= 0.3 is 6.03 Å². The minimum absolute atomic E-state index is 0.519. The molecule has 0 saturated heterocycles. The Morgan fingerprint density at radius 3 is 3.08 bits per heavy atom. The SMILES string of the molecule is NCCc1csc(NC(N)=O)n1. The van der Waals surface area contributed by atoms with Crippen molar-refractivity contribution >= 4 is 22.5 Å². The average Bonchev–Trinajstić information content (AvgIpc) is 2.36. The molecule has 0 bridgehead atoms. The molecule has 1 aromatic rings. The van der Waals surface area contributed by atoms with Crippen molar-refractivity contribution in [1.29, 1.82) is 0 Å². The van der Waals surface area contributed by atoms with Gasteiger partial charge < -0.3 is 11.5 Å². The molecule has 66 valence electrons. The fourth-order valence-electron chi connectivity index (χ4n) is 0.732. The van der Waals surface area contributed by atoms with Crippen LogP contribution in [-0.4, -0.2) is 17.6 Å². The lowest BCUT2D eigenvalue weighted by Gasteiger charge is -1.92. The van der Waals surface area contributed by atoms with Crippen LogP contribution in [-0.2, 0) is 6.42 Å². The summed E-state index contributed by atoms with van der Waals surface area (Å²) in [6, 6.07) is -0.594. The number of amides is 2. The second-order valence-electron chi connectivity index (χ2n) is 2.17. The Bertz CT molecular complexity index is 272. The van der Waals surface area contributed by atoms with Crippen LogP contribution >= 0.6 is 11.3 Å². The molecule has 6 heteroatoms. The molecule has 0 radical (unpaired) electrons. The molecule has 1 heterocycles. The molecular formula is C6H10N4OS. The van der Waals surface area contributed by atoms with Crippen molar-refractivity contribution in [3.63, 3.8) is 0 Å². The Kier molecular flexibility index (Phi) is 3.01. The van der Waals surface area contributed by atoms with E-state index in [4.69, 9.17) is 11.5 Å². The van der Waals surface area contributed by atoms with E-state index >= 15 is 0 Å². The van der Waals surface area contributed by atoms with E-state index in [1.807, 2.05) is 5.38 Å². The van der Waals surface area contributed by atoms with Gasteiger partial charge in [0.05, 0.1) is 5.69 Å². The summed E-state index contributed by atoms with van der Waals surface area (Å²) in [6.45, 7) is 0.555. The van der Waals surface area contributed by atoms with Crippen molar-refractivity contribution in [3.05, 3.63) is 11.1 Å². The molecule has 0 aromatic carbocycles. The lowest BCUT2D eigenvalue weighted by atomic mass is 10.3. The van der Waals surface area contributed by atoms with Crippen LogP contribution in [0.15, 0.2) is 5.38 Å². The molecule has 0 aliphatic carbocycles. The number of rotatable bonds is 3. The summed E-state index contributed by atoms with van der Waals surface area (Å²) in [6.07, 6.45) is 0.719. The van der Waals surface area contributed by atoms with Crippen LogP contribution in [0.5, 0.6) is 0 Å². The molecular weight excluding hydrogens is 176 g/mol. The summed E-state index contributed by atoms with van der Waals surface area (Å²) in [5.74, 6) is 0. The summed E-state index contributed by atoms with van der Waals surface area (Å²) in [5, 5.41) is 4.75. The number of urea groups is 1. The van der Waals surface area contributed by atoms with E-state index in [1.165, 1.54) is 11.3 Å². The molecule has 0 fully saturated rings. The second kappa shape index (κ2) is 4.03. The monoisotopic (exact) mass is 186 g/mol. The van der Waals surface area contributed by atoms with Crippen molar-refractivity contribution in [2.75, 3.05) is 11.9 Å². The summed E-state index contributed by atoms with van der Waals surface area (Å²) < 4.78 is 0. The molecule has 12 heavy (non-hydrogen) atoms. The predicted molar refractivity (Wildman–Crippen MR) is 48.1 cm³/mol. The third kappa shape index (κ3) is 2.48. The number of nitrogens with one attached hydrogen (secondary N) is 1. The molecule has 0 unspecified atom stereocenters.